The minimum Gasteiger partial charge on any atom is -0.459 e. The zero-order valence-corrected chi connectivity index (χ0v) is 22.6. The number of hydrogen-bond acceptors (Lipinski definition) is 4. The van der Waals surface area contributed by atoms with Crippen LogP contribution < -0.4 is 0 Å². The maximum absolute atomic E-state index is 13.6. The molecule has 0 aliphatic rings. The molecule has 180 valence electrons. The Balaban J connectivity index is 1.61. The molecule has 1 heterocycles. The third kappa shape index (κ3) is 6.63. The number of hydrogen-bond donors (Lipinski definition) is 0. The molecule has 35 heavy (non-hydrogen) atoms. The van der Waals surface area contributed by atoms with Crippen LogP contribution in [0.2, 0.25) is 10.0 Å². The number of furan rings is 1. The molecule has 4 rings (SSSR count). The largest absolute Gasteiger partial charge is 0.459 e. The molecule has 0 spiro atoms. The molecule has 0 aliphatic carbocycles. The first-order valence-electron chi connectivity index (χ1n) is 10.6. The summed E-state index contributed by atoms with van der Waals surface area (Å²) in [6, 6.07) is 22.8. The second kappa shape index (κ2) is 11.1. The Morgan fingerprint density at radius 3 is 2.34 bits per heavy atom. The van der Waals surface area contributed by atoms with E-state index in [0.717, 1.165) is 15.7 Å². The summed E-state index contributed by atoms with van der Waals surface area (Å²) in [5, 5.41) is 0.871. The number of halogens is 3. The van der Waals surface area contributed by atoms with Crippen LogP contribution in [-0.2, 0) is 23.1 Å². The molecule has 5 nitrogen and oxygen atoms in total. The molecule has 3 aromatic carbocycles. The van der Waals surface area contributed by atoms with Crippen molar-refractivity contribution in [3.63, 3.8) is 0 Å². The van der Waals surface area contributed by atoms with Gasteiger partial charge in [0.2, 0.25) is 10.0 Å². The normalized spacial score (nSPS) is 12.0. The Bertz CT molecular complexity index is 1450. The van der Waals surface area contributed by atoms with E-state index in [-0.39, 0.29) is 18.0 Å². The lowest BCUT2D eigenvalue weighted by atomic mass is 10.2. The third-order valence-corrected chi connectivity index (χ3v) is 8.12. The van der Waals surface area contributed by atoms with Crippen LogP contribution in [0.1, 0.15) is 22.6 Å². The molecule has 4 aromatic rings. The zero-order chi connectivity index (χ0) is 25.0. The van der Waals surface area contributed by atoms with Crippen molar-refractivity contribution >= 4 is 61.1 Å². The number of nitrogens with zero attached hydrogens (tertiary/aromatic N) is 2. The van der Waals surface area contributed by atoms with Crippen LogP contribution in [0.4, 0.5) is 5.69 Å². The second-order valence-electron chi connectivity index (χ2n) is 7.86. The third-order valence-electron chi connectivity index (χ3n) is 5.20. The molecule has 0 amide bonds. The van der Waals surface area contributed by atoms with Crippen molar-refractivity contribution in [1.82, 2.24) is 4.31 Å². The van der Waals surface area contributed by atoms with Gasteiger partial charge in [-0.2, -0.15) is 4.31 Å². The van der Waals surface area contributed by atoms with Crippen LogP contribution in [-0.4, -0.2) is 18.9 Å². The van der Waals surface area contributed by atoms with Gasteiger partial charge >= 0.3 is 0 Å². The summed E-state index contributed by atoms with van der Waals surface area (Å²) in [7, 11) is -3.85. The van der Waals surface area contributed by atoms with Gasteiger partial charge in [-0.3, -0.25) is 4.99 Å². The zero-order valence-electron chi connectivity index (χ0n) is 18.7. The minimum absolute atomic E-state index is 0.0152. The molecule has 0 saturated heterocycles. The highest BCUT2D eigenvalue weighted by Gasteiger charge is 2.26. The van der Waals surface area contributed by atoms with Gasteiger partial charge in [-0.15, -0.1) is 0 Å². The lowest BCUT2D eigenvalue weighted by Gasteiger charge is -2.22. The maximum Gasteiger partial charge on any atom is 0.243 e. The van der Waals surface area contributed by atoms with Gasteiger partial charge in [-0.05, 0) is 73.2 Å². The molecule has 0 atom stereocenters. The smallest absolute Gasteiger partial charge is 0.243 e. The van der Waals surface area contributed by atoms with Gasteiger partial charge in [0.15, 0.2) is 0 Å². The van der Waals surface area contributed by atoms with Crippen LogP contribution >= 0.6 is 39.1 Å². The number of benzene rings is 3. The SMILES string of the molecule is Cc1ccc(S(=O)(=O)N(Cc2ccc(C=Nc3ccc(Br)cc3)o2)Cc2ccc(Cl)cc2Cl)cc1. The van der Waals surface area contributed by atoms with E-state index >= 15 is 0 Å². The average molecular weight is 592 g/mol. The molecule has 0 unspecified atom stereocenters. The highest BCUT2D eigenvalue weighted by Crippen LogP contribution is 2.27. The molecule has 0 bridgehead atoms. The summed E-state index contributed by atoms with van der Waals surface area (Å²) in [5.41, 5.74) is 2.37. The fraction of sp³-hybridized carbons (Fsp3) is 0.115. The van der Waals surface area contributed by atoms with Gasteiger partial charge in [0, 0.05) is 21.1 Å². The van der Waals surface area contributed by atoms with Crippen molar-refractivity contribution in [2.24, 2.45) is 4.99 Å². The summed E-state index contributed by atoms with van der Waals surface area (Å²) < 4.78 is 35.3. The van der Waals surface area contributed by atoms with Crippen molar-refractivity contribution in [2.45, 2.75) is 24.9 Å². The summed E-state index contributed by atoms with van der Waals surface area (Å²) in [4.78, 5) is 4.59. The van der Waals surface area contributed by atoms with Crippen LogP contribution in [0.5, 0.6) is 0 Å². The lowest BCUT2D eigenvalue weighted by Crippen LogP contribution is -2.30. The Morgan fingerprint density at radius 2 is 1.66 bits per heavy atom. The van der Waals surface area contributed by atoms with Gasteiger partial charge in [-0.25, -0.2) is 8.42 Å². The number of aryl methyl sites for hydroxylation is 1. The van der Waals surface area contributed by atoms with Crippen LogP contribution in [0.3, 0.4) is 0 Å². The molecular weight excluding hydrogens is 571 g/mol. The molecule has 0 N–H and O–H groups in total. The van der Waals surface area contributed by atoms with E-state index in [1.54, 1.807) is 60.8 Å². The van der Waals surface area contributed by atoms with Gasteiger partial charge < -0.3 is 4.42 Å². The first-order valence-corrected chi connectivity index (χ1v) is 13.6. The van der Waals surface area contributed by atoms with E-state index in [0.29, 0.717) is 27.1 Å². The Kier molecular flexibility index (Phi) is 8.14. The van der Waals surface area contributed by atoms with Crippen LogP contribution in [0, 0.1) is 6.92 Å². The summed E-state index contributed by atoms with van der Waals surface area (Å²) in [5.74, 6) is 0.989. The molecule has 0 radical (unpaired) electrons. The Morgan fingerprint density at radius 1 is 0.943 bits per heavy atom. The maximum atomic E-state index is 13.6. The van der Waals surface area contributed by atoms with Crippen molar-refractivity contribution in [3.8, 4) is 0 Å². The lowest BCUT2D eigenvalue weighted by molar-refractivity contribution is 0.357. The predicted molar refractivity (Wildman–Crippen MR) is 144 cm³/mol. The quantitative estimate of drug-likeness (QED) is 0.196. The van der Waals surface area contributed by atoms with Gasteiger partial charge in [-0.1, -0.05) is 62.9 Å². The fourth-order valence-electron chi connectivity index (χ4n) is 3.31. The first-order chi connectivity index (χ1) is 16.7. The number of aliphatic imine (C=N–C) groups is 1. The van der Waals surface area contributed by atoms with E-state index in [1.165, 1.54) is 4.31 Å². The van der Waals surface area contributed by atoms with Crippen LogP contribution in [0.15, 0.2) is 97.6 Å². The van der Waals surface area contributed by atoms with E-state index in [1.807, 2.05) is 31.2 Å². The molecular formula is C26H21BrCl2N2O3S. The topological polar surface area (TPSA) is 62.9 Å². The summed E-state index contributed by atoms with van der Waals surface area (Å²) >= 11 is 15.8. The molecule has 1 aromatic heterocycles. The summed E-state index contributed by atoms with van der Waals surface area (Å²) in [6.07, 6.45) is 1.60. The van der Waals surface area contributed by atoms with Crippen molar-refractivity contribution in [1.29, 1.82) is 0 Å². The Hall–Kier alpha value is -2.42. The van der Waals surface area contributed by atoms with E-state index in [2.05, 4.69) is 20.9 Å². The monoisotopic (exact) mass is 590 g/mol. The van der Waals surface area contributed by atoms with Crippen LogP contribution in [0.25, 0.3) is 0 Å². The Labute approximate surface area is 223 Å². The second-order valence-corrected chi connectivity index (χ2v) is 11.6. The number of rotatable bonds is 8. The highest BCUT2D eigenvalue weighted by atomic mass is 79.9. The van der Waals surface area contributed by atoms with Crippen molar-refractivity contribution in [2.75, 3.05) is 0 Å². The average Bonchev–Trinajstić information content (AvgIpc) is 3.27. The van der Waals surface area contributed by atoms with Gasteiger partial charge in [0.25, 0.3) is 0 Å². The molecule has 0 saturated carbocycles. The van der Waals surface area contributed by atoms with Crippen molar-refractivity contribution in [3.05, 3.63) is 116 Å². The standard InChI is InChI=1S/C26H21BrCl2N2O3S/c1-18-2-12-25(13-3-18)35(32,33)31(16-19-4-7-21(28)14-26(19)29)17-24-11-10-23(34-24)15-30-22-8-5-20(27)6-9-22/h2-15H,16-17H2,1H3. The minimum atomic E-state index is -3.85. The van der Waals surface area contributed by atoms with Gasteiger partial charge in [0.05, 0.1) is 23.3 Å². The summed E-state index contributed by atoms with van der Waals surface area (Å²) in [6.45, 7) is 1.97. The predicted octanol–water partition coefficient (Wildman–Crippen LogP) is 7.80. The number of sulfonamides is 1. The molecule has 0 aliphatic heterocycles. The van der Waals surface area contributed by atoms with Crippen molar-refractivity contribution < 1.29 is 12.8 Å². The molecule has 9 heteroatoms. The van der Waals surface area contributed by atoms with E-state index in [4.69, 9.17) is 27.6 Å². The molecule has 0 fully saturated rings. The van der Waals surface area contributed by atoms with Gasteiger partial charge in [0.1, 0.15) is 11.5 Å². The highest BCUT2D eigenvalue weighted by molar-refractivity contribution is 9.10. The fourth-order valence-corrected chi connectivity index (χ4v) is 5.43. The van der Waals surface area contributed by atoms with E-state index < -0.39 is 10.0 Å². The van der Waals surface area contributed by atoms with E-state index in [9.17, 15) is 8.42 Å². The first kappa shape index (κ1) is 25.7.